The van der Waals surface area contributed by atoms with E-state index in [0.717, 1.165) is 13.4 Å². The smallest absolute Gasteiger partial charge is 0.339 e. The fraction of sp³-hybridized carbons (Fsp3) is 0.706. The number of methoxy groups -OCH3 is 1. The molecule has 2 aliphatic heterocycles. The van der Waals surface area contributed by atoms with Crippen molar-refractivity contribution in [3.63, 3.8) is 0 Å². The molecule has 1 saturated heterocycles. The molecule has 0 aromatic heterocycles. The van der Waals surface area contributed by atoms with Crippen LogP contribution in [0, 0.1) is 5.92 Å². The number of aliphatic hydroxyl groups is 6. The maximum absolute atomic E-state index is 12.0. The van der Waals surface area contributed by atoms with E-state index in [0.29, 0.717) is 5.57 Å². The van der Waals surface area contributed by atoms with Gasteiger partial charge in [0.2, 0.25) is 6.29 Å². The maximum Gasteiger partial charge on any atom is 0.339 e. The van der Waals surface area contributed by atoms with Gasteiger partial charge in [0, 0.05) is 0 Å². The number of rotatable bonds is 5. The van der Waals surface area contributed by atoms with Gasteiger partial charge in [-0.05, 0) is 12.0 Å². The number of esters is 1. The highest BCUT2D eigenvalue weighted by Crippen LogP contribution is 2.47. The summed E-state index contributed by atoms with van der Waals surface area (Å²) in [6, 6.07) is 0. The minimum absolute atomic E-state index is 0.00754. The zero-order valence-corrected chi connectivity index (χ0v) is 15.0. The average molecular weight is 404 g/mol. The van der Waals surface area contributed by atoms with Gasteiger partial charge in [-0.15, -0.1) is 0 Å². The first kappa shape index (κ1) is 21.1. The fourth-order valence-electron chi connectivity index (χ4n) is 3.76. The summed E-state index contributed by atoms with van der Waals surface area (Å²) >= 11 is 0. The zero-order valence-electron chi connectivity index (χ0n) is 15.0. The molecule has 11 heteroatoms. The van der Waals surface area contributed by atoms with Gasteiger partial charge in [-0.3, -0.25) is 0 Å². The summed E-state index contributed by atoms with van der Waals surface area (Å²) < 4.78 is 20.9. The lowest BCUT2D eigenvalue weighted by Gasteiger charge is -2.44. The van der Waals surface area contributed by atoms with Crippen LogP contribution in [0.4, 0.5) is 0 Å². The molecule has 11 nitrogen and oxygen atoms in total. The molecule has 0 radical (unpaired) electrons. The van der Waals surface area contributed by atoms with Crippen molar-refractivity contribution in [2.24, 2.45) is 5.92 Å². The van der Waals surface area contributed by atoms with Crippen LogP contribution >= 0.6 is 0 Å². The van der Waals surface area contributed by atoms with E-state index in [1.165, 1.54) is 0 Å². The van der Waals surface area contributed by atoms with Gasteiger partial charge in [-0.1, -0.05) is 6.08 Å². The maximum atomic E-state index is 12.0. The summed E-state index contributed by atoms with van der Waals surface area (Å²) in [4.78, 5) is 12.0. The summed E-state index contributed by atoms with van der Waals surface area (Å²) in [7, 11) is 1.15. The summed E-state index contributed by atoms with van der Waals surface area (Å²) in [6.07, 6.45) is -6.39. The second kappa shape index (κ2) is 8.05. The third-order valence-electron chi connectivity index (χ3n) is 5.35. The average Bonchev–Trinajstić information content (AvgIpc) is 3.05. The molecule has 28 heavy (non-hydrogen) atoms. The van der Waals surface area contributed by atoms with E-state index in [4.69, 9.17) is 14.2 Å². The van der Waals surface area contributed by atoms with Crippen molar-refractivity contribution >= 4 is 5.97 Å². The SMILES string of the molecule is COC(=O)C1=CO[C@H](O[C@H]2O[C@@H](CO)[C@H](O)[C@@H](O)[C@@H]2O)[C@H]2C(CO)=CC[C@@]12O. The highest BCUT2D eigenvalue weighted by atomic mass is 16.8. The Bertz CT molecular complexity index is 659. The molecule has 0 amide bonds. The van der Waals surface area contributed by atoms with E-state index in [2.05, 4.69) is 4.74 Å². The van der Waals surface area contributed by atoms with Crippen LogP contribution < -0.4 is 0 Å². The Morgan fingerprint density at radius 3 is 2.54 bits per heavy atom. The predicted molar refractivity (Wildman–Crippen MR) is 88.0 cm³/mol. The van der Waals surface area contributed by atoms with Crippen LogP contribution in [0.2, 0.25) is 0 Å². The highest BCUT2D eigenvalue weighted by molar-refractivity contribution is 5.91. The molecule has 0 spiro atoms. The molecule has 0 aromatic carbocycles. The molecular weight excluding hydrogens is 380 g/mol. The Morgan fingerprint density at radius 2 is 1.93 bits per heavy atom. The highest BCUT2D eigenvalue weighted by Gasteiger charge is 2.57. The third kappa shape index (κ3) is 3.33. The van der Waals surface area contributed by atoms with E-state index < -0.39 is 67.7 Å². The Kier molecular flexibility index (Phi) is 6.08. The topological polar surface area (TPSA) is 175 Å². The molecule has 1 aliphatic carbocycles. The standard InChI is InChI=1S/C17H24O11/c1-25-14(23)8-6-26-15(10-7(4-18)2-3-17(8,10)24)28-16-13(22)12(21)11(20)9(5-19)27-16/h2,6,9-13,15-16,18-22,24H,3-5H2,1H3/t9-,10+,11-,12+,13-,15+,16+,17+/m0/s1. The Labute approximate surface area is 160 Å². The van der Waals surface area contributed by atoms with Crippen LogP contribution in [-0.4, -0.2) is 99.5 Å². The van der Waals surface area contributed by atoms with Gasteiger partial charge in [0.15, 0.2) is 6.29 Å². The van der Waals surface area contributed by atoms with Gasteiger partial charge < -0.3 is 49.6 Å². The first-order valence-electron chi connectivity index (χ1n) is 8.71. The minimum atomic E-state index is -1.78. The number of carbonyl (C=O) groups is 1. The second-order valence-electron chi connectivity index (χ2n) is 6.90. The van der Waals surface area contributed by atoms with Gasteiger partial charge in [0.1, 0.15) is 35.6 Å². The predicted octanol–water partition coefficient (Wildman–Crippen LogP) is -3.11. The molecule has 1 fully saturated rings. The van der Waals surface area contributed by atoms with Crippen LogP contribution in [-0.2, 0) is 23.7 Å². The molecule has 158 valence electrons. The molecule has 0 saturated carbocycles. The number of ether oxygens (including phenoxy) is 4. The van der Waals surface area contributed by atoms with Gasteiger partial charge in [0.05, 0.1) is 32.5 Å². The number of hydrogen-bond donors (Lipinski definition) is 6. The molecular formula is C17H24O11. The summed E-state index contributed by atoms with van der Waals surface area (Å²) in [5, 5.41) is 59.9. The van der Waals surface area contributed by atoms with Gasteiger partial charge >= 0.3 is 5.97 Å². The molecule has 0 unspecified atom stereocenters. The molecule has 0 aromatic rings. The number of fused-ring (bicyclic) bond motifs is 1. The van der Waals surface area contributed by atoms with E-state index >= 15 is 0 Å². The van der Waals surface area contributed by atoms with Crippen LogP contribution in [0.25, 0.3) is 0 Å². The van der Waals surface area contributed by atoms with E-state index in [-0.39, 0.29) is 12.0 Å². The first-order chi connectivity index (χ1) is 13.3. The van der Waals surface area contributed by atoms with Crippen LogP contribution in [0.5, 0.6) is 0 Å². The quantitative estimate of drug-likeness (QED) is 0.202. The normalized spacial score (nSPS) is 42.9. The van der Waals surface area contributed by atoms with Gasteiger partial charge in [-0.25, -0.2) is 4.79 Å². The monoisotopic (exact) mass is 404 g/mol. The largest absolute Gasteiger partial charge is 0.471 e. The lowest BCUT2D eigenvalue weighted by atomic mass is 9.79. The van der Waals surface area contributed by atoms with E-state index in [1.54, 1.807) is 6.08 Å². The van der Waals surface area contributed by atoms with Crippen molar-refractivity contribution in [3.05, 3.63) is 23.5 Å². The van der Waals surface area contributed by atoms with E-state index in [9.17, 15) is 35.4 Å². The molecule has 3 rings (SSSR count). The van der Waals surface area contributed by atoms with Crippen molar-refractivity contribution in [1.82, 2.24) is 0 Å². The van der Waals surface area contributed by atoms with Gasteiger partial charge in [-0.2, -0.15) is 0 Å². The van der Waals surface area contributed by atoms with Crippen LogP contribution in [0.1, 0.15) is 6.42 Å². The molecule has 0 bridgehead atoms. The van der Waals surface area contributed by atoms with Crippen molar-refractivity contribution in [2.45, 2.75) is 49.0 Å². The zero-order chi connectivity index (χ0) is 20.6. The Morgan fingerprint density at radius 1 is 1.21 bits per heavy atom. The van der Waals surface area contributed by atoms with Crippen molar-refractivity contribution in [2.75, 3.05) is 20.3 Å². The van der Waals surface area contributed by atoms with Crippen LogP contribution in [0.15, 0.2) is 23.5 Å². The summed E-state index contributed by atoms with van der Waals surface area (Å²) in [5.41, 5.74) is -1.60. The number of aliphatic hydroxyl groups excluding tert-OH is 5. The van der Waals surface area contributed by atoms with Gasteiger partial charge in [0.25, 0.3) is 0 Å². The molecule has 3 aliphatic rings. The Balaban J connectivity index is 1.86. The van der Waals surface area contributed by atoms with Crippen molar-refractivity contribution in [3.8, 4) is 0 Å². The molecule has 8 atom stereocenters. The summed E-state index contributed by atoms with van der Waals surface area (Å²) in [6.45, 7) is -1.09. The minimum Gasteiger partial charge on any atom is -0.471 e. The van der Waals surface area contributed by atoms with Crippen molar-refractivity contribution in [1.29, 1.82) is 0 Å². The van der Waals surface area contributed by atoms with Crippen molar-refractivity contribution < 1.29 is 54.4 Å². The Hall–Kier alpha value is -1.57. The first-order valence-corrected chi connectivity index (χ1v) is 8.71. The molecule has 2 heterocycles. The number of hydrogen-bond acceptors (Lipinski definition) is 11. The van der Waals surface area contributed by atoms with E-state index in [1.807, 2.05) is 0 Å². The van der Waals surface area contributed by atoms with Crippen LogP contribution in [0.3, 0.4) is 0 Å². The lowest BCUT2D eigenvalue weighted by Crippen LogP contribution is -2.61. The summed E-state index contributed by atoms with van der Waals surface area (Å²) in [5.74, 6) is -1.84. The fourth-order valence-corrected chi connectivity index (χ4v) is 3.76. The lowest BCUT2D eigenvalue weighted by molar-refractivity contribution is -0.343. The molecule has 6 N–H and O–H groups in total. The third-order valence-corrected chi connectivity index (χ3v) is 5.35. The number of carbonyl (C=O) groups excluding carboxylic acids is 1. The second-order valence-corrected chi connectivity index (χ2v) is 6.90.